The van der Waals surface area contributed by atoms with Crippen LogP contribution in [0.15, 0.2) is 30.3 Å². The Labute approximate surface area is 151 Å². The molecule has 0 spiro atoms. The fraction of sp³-hybridized carbons (Fsp3) is 0.529. The predicted octanol–water partition coefficient (Wildman–Crippen LogP) is 0.443. The van der Waals surface area contributed by atoms with Gasteiger partial charge in [-0.25, -0.2) is 9.87 Å². The van der Waals surface area contributed by atoms with Crippen LogP contribution in [0, 0.1) is 5.92 Å². The zero-order valence-corrected chi connectivity index (χ0v) is 14.6. The molecule has 146 valence electrons. The first-order valence-corrected chi connectivity index (χ1v) is 8.25. The summed E-state index contributed by atoms with van der Waals surface area (Å²) < 4.78 is 14.0. The molecule has 0 saturated heterocycles. The number of alkyl halides is 1. The fourth-order valence-electron chi connectivity index (χ4n) is 2.61. The highest BCUT2D eigenvalue weighted by molar-refractivity contribution is 5.83. The molecule has 2 amide bonds. The smallest absolute Gasteiger partial charge is 0.254 e. The molecular formula is C17H26FN3O5. The second-order valence-corrected chi connectivity index (χ2v) is 6.50. The van der Waals surface area contributed by atoms with Crippen molar-refractivity contribution >= 4 is 11.8 Å². The number of nitrogens with two attached hydrogens (primary N) is 1. The number of aliphatic hydroxyl groups excluding tert-OH is 1. The van der Waals surface area contributed by atoms with Crippen LogP contribution in [0.3, 0.4) is 0 Å². The molecule has 1 aromatic carbocycles. The molecule has 1 rings (SSSR count). The van der Waals surface area contributed by atoms with Crippen LogP contribution in [-0.2, 0) is 16.0 Å². The number of halogens is 1. The van der Waals surface area contributed by atoms with Crippen LogP contribution in [-0.4, -0.2) is 45.1 Å². The van der Waals surface area contributed by atoms with E-state index in [4.69, 9.17) is 10.9 Å². The molecule has 4 unspecified atom stereocenters. The van der Waals surface area contributed by atoms with E-state index in [1.54, 1.807) is 0 Å². The lowest BCUT2D eigenvalue weighted by atomic mass is 9.87. The van der Waals surface area contributed by atoms with Crippen molar-refractivity contribution < 1.29 is 29.5 Å². The van der Waals surface area contributed by atoms with Crippen molar-refractivity contribution in [2.75, 3.05) is 0 Å². The number of carbonyl (C=O) groups is 2. The van der Waals surface area contributed by atoms with E-state index in [9.17, 15) is 24.3 Å². The van der Waals surface area contributed by atoms with Gasteiger partial charge in [0.25, 0.3) is 5.91 Å². The van der Waals surface area contributed by atoms with E-state index < -0.39 is 35.5 Å². The summed E-state index contributed by atoms with van der Waals surface area (Å²) in [6.45, 7) is 1.01. The number of aliphatic hydroxyl groups is 1. The number of carbonyl (C=O) groups excluding carboxylic acids is 2. The van der Waals surface area contributed by atoms with Crippen LogP contribution in [0.25, 0.3) is 0 Å². The summed E-state index contributed by atoms with van der Waals surface area (Å²) in [6, 6.07) is 8.30. The van der Waals surface area contributed by atoms with Crippen LogP contribution < -0.4 is 16.7 Å². The molecule has 0 aliphatic heterocycles. The molecule has 9 heteroatoms. The normalized spacial score (nSPS) is 17.0. The van der Waals surface area contributed by atoms with Crippen LogP contribution >= 0.6 is 0 Å². The van der Waals surface area contributed by atoms with Crippen molar-refractivity contribution in [2.24, 2.45) is 11.7 Å². The van der Waals surface area contributed by atoms with Crippen LogP contribution in [0.2, 0.25) is 0 Å². The predicted molar refractivity (Wildman–Crippen MR) is 90.8 cm³/mol. The second-order valence-electron chi connectivity index (χ2n) is 6.50. The Bertz CT molecular complexity index is 585. The Morgan fingerprint density at radius 1 is 1.27 bits per heavy atom. The highest BCUT2D eigenvalue weighted by Gasteiger charge is 2.34. The molecule has 7 N–H and O–H groups in total. The molecule has 26 heavy (non-hydrogen) atoms. The maximum Gasteiger partial charge on any atom is 0.254 e. The monoisotopic (exact) mass is 371 g/mol. The molecule has 4 atom stereocenters. The maximum absolute atomic E-state index is 14.0. The van der Waals surface area contributed by atoms with E-state index in [0.29, 0.717) is 0 Å². The van der Waals surface area contributed by atoms with Gasteiger partial charge in [0.1, 0.15) is 0 Å². The van der Waals surface area contributed by atoms with Crippen molar-refractivity contribution in [3.8, 4) is 0 Å². The summed E-state index contributed by atoms with van der Waals surface area (Å²) in [4.78, 5) is 22.9. The summed E-state index contributed by atoms with van der Waals surface area (Å²) in [5.41, 5.74) is 6.99. The van der Waals surface area contributed by atoms with Crippen molar-refractivity contribution in [1.29, 1.82) is 0 Å². The van der Waals surface area contributed by atoms with Crippen molar-refractivity contribution in [2.45, 2.75) is 50.4 Å². The van der Waals surface area contributed by atoms with E-state index in [1.165, 1.54) is 5.48 Å². The molecule has 1 aromatic rings. The summed E-state index contributed by atoms with van der Waals surface area (Å²) >= 11 is 0. The van der Waals surface area contributed by atoms with Gasteiger partial charge in [0, 0.05) is 5.92 Å². The van der Waals surface area contributed by atoms with Crippen LogP contribution in [0.4, 0.5) is 4.39 Å². The van der Waals surface area contributed by atoms with Gasteiger partial charge in [-0.3, -0.25) is 14.8 Å². The first-order chi connectivity index (χ1) is 12.2. The minimum absolute atomic E-state index is 0.122. The van der Waals surface area contributed by atoms with Crippen molar-refractivity contribution in [3.63, 3.8) is 0 Å². The number of primary amides is 1. The van der Waals surface area contributed by atoms with Gasteiger partial charge < -0.3 is 16.0 Å². The standard InChI is InChI=1S/C17H26FN3O5/c1-17(18,16(19)24)8-7-12(15(23)21-26)10-14(22)13(20-25)9-11-5-3-2-4-6-11/h2-6,12-14,20,22,25-26H,7-10H2,1H3,(H2,19,24)(H,21,23). The molecule has 0 bridgehead atoms. The molecule has 0 aliphatic carbocycles. The third kappa shape index (κ3) is 6.68. The van der Waals surface area contributed by atoms with E-state index >= 15 is 0 Å². The lowest BCUT2D eigenvalue weighted by Crippen LogP contribution is -2.43. The third-order valence-corrected chi connectivity index (χ3v) is 4.41. The molecule has 0 saturated carbocycles. The van der Waals surface area contributed by atoms with E-state index in [-0.39, 0.29) is 25.7 Å². The van der Waals surface area contributed by atoms with Gasteiger partial charge in [-0.1, -0.05) is 30.3 Å². The molecule has 0 aromatic heterocycles. The number of hydrogen-bond donors (Lipinski definition) is 6. The van der Waals surface area contributed by atoms with E-state index in [1.807, 2.05) is 35.8 Å². The largest absolute Gasteiger partial charge is 0.391 e. The van der Waals surface area contributed by atoms with Gasteiger partial charge >= 0.3 is 0 Å². The third-order valence-electron chi connectivity index (χ3n) is 4.41. The molecular weight excluding hydrogens is 345 g/mol. The molecule has 0 heterocycles. The number of amides is 2. The Balaban J connectivity index is 2.75. The zero-order chi connectivity index (χ0) is 19.7. The number of hydroxylamine groups is 2. The Hall–Kier alpha value is -2.07. The number of rotatable bonds is 11. The maximum atomic E-state index is 14.0. The highest BCUT2D eigenvalue weighted by atomic mass is 19.1. The SMILES string of the molecule is CC(F)(CCC(CC(O)C(Cc1ccccc1)NO)C(=O)NO)C(N)=O. The average molecular weight is 371 g/mol. The van der Waals surface area contributed by atoms with E-state index in [2.05, 4.69) is 0 Å². The Morgan fingerprint density at radius 3 is 2.38 bits per heavy atom. The van der Waals surface area contributed by atoms with Crippen LogP contribution in [0.5, 0.6) is 0 Å². The van der Waals surface area contributed by atoms with Crippen LogP contribution in [0.1, 0.15) is 31.7 Å². The van der Waals surface area contributed by atoms with Gasteiger partial charge in [-0.05, 0) is 38.2 Å². The summed E-state index contributed by atoms with van der Waals surface area (Å²) in [5.74, 6) is -2.95. The average Bonchev–Trinajstić information content (AvgIpc) is 2.62. The van der Waals surface area contributed by atoms with E-state index in [0.717, 1.165) is 12.5 Å². The minimum atomic E-state index is -2.31. The van der Waals surface area contributed by atoms with Gasteiger partial charge in [-0.2, -0.15) is 5.48 Å². The number of nitrogens with one attached hydrogen (secondary N) is 2. The van der Waals surface area contributed by atoms with Crippen molar-refractivity contribution in [1.82, 2.24) is 11.0 Å². The molecule has 0 fully saturated rings. The topological polar surface area (TPSA) is 145 Å². The fourth-order valence-corrected chi connectivity index (χ4v) is 2.61. The number of benzene rings is 1. The summed E-state index contributed by atoms with van der Waals surface area (Å²) in [6.07, 6.45) is -1.51. The molecule has 0 aliphatic rings. The van der Waals surface area contributed by atoms with Gasteiger partial charge in [0.2, 0.25) is 5.91 Å². The number of hydrogen-bond acceptors (Lipinski definition) is 6. The summed E-state index contributed by atoms with van der Waals surface area (Å²) in [7, 11) is 0. The minimum Gasteiger partial charge on any atom is -0.391 e. The van der Waals surface area contributed by atoms with Gasteiger partial charge in [0.15, 0.2) is 5.67 Å². The summed E-state index contributed by atoms with van der Waals surface area (Å²) in [5, 5.41) is 28.5. The second kappa shape index (κ2) is 10.2. The van der Waals surface area contributed by atoms with Crippen molar-refractivity contribution in [3.05, 3.63) is 35.9 Å². The zero-order valence-electron chi connectivity index (χ0n) is 14.6. The highest BCUT2D eigenvalue weighted by Crippen LogP contribution is 2.24. The quantitative estimate of drug-likeness (QED) is 0.246. The Kier molecular flexibility index (Phi) is 8.59. The first kappa shape index (κ1) is 22.0. The Morgan fingerprint density at radius 2 is 1.88 bits per heavy atom. The lowest BCUT2D eigenvalue weighted by molar-refractivity contribution is -0.136. The molecule has 8 nitrogen and oxygen atoms in total. The van der Waals surface area contributed by atoms with Gasteiger partial charge in [-0.15, -0.1) is 0 Å². The molecule has 0 radical (unpaired) electrons. The first-order valence-electron chi connectivity index (χ1n) is 8.25. The lowest BCUT2D eigenvalue weighted by Gasteiger charge is -2.26. The van der Waals surface area contributed by atoms with Gasteiger partial charge in [0.05, 0.1) is 12.1 Å².